The van der Waals surface area contributed by atoms with Crippen molar-refractivity contribution in [3.63, 3.8) is 0 Å². The smallest absolute Gasteiger partial charge is 0.00313 e. The molecule has 0 amide bonds. The third-order valence-corrected chi connectivity index (χ3v) is 4.92. The van der Waals surface area contributed by atoms with E-state index in [1.807, 2.05) is 0 Å². The molecule has 2 heteroatoms. The van der Waals surface area contributed by atoms with Crippen LogP contribution < -0.4 is 0 Å². The van der Waals surface area contributed by atoms with Crippen LogP contribution in [-0.2, 0) is 0 Å². The van der Waals surface area contributed by atoms with Gasteiger partial charge in [-0.3, -0.25) is 0 Å². The van der Waals surface area contributed by atoms with Crippen LogP contribution in [0.3, 0.4) is 0 Å². The van der Waals surface area contributed by atoms with Gasteiger partial charge in [-0.15, -0.1) is 0 Å². The van der Waals surface area contributed by atoms with Gasteiger partial charge in [0.1, 0.15) is 0 Å². The summed E-state index contributed by atoms with van der Waals surface area (Å²) in [5.74, 6) is 1.85. The van der Waals surface area contributed by atoms with Crippen molar-refractivity contribution < 1.29 is 0 Å². The quantitative estimate of drug-likeness (QED) is 0.400. The van der Waals surface area contributed by atoms with Crippen LogP contribution in [0, 0.1) is 11.8 Å². The molecular formula is C16H32BrN. The fourth-order valence-electron chi connectivity index (χ4n) is 2.92. The Labute approximate surface area is 123 Å². The summed E-state index contributed by atoms with van der Waals surface area (Å²) in [5.41, 5.74) is 0. The fourth-order valence-corrected chi connectivity index (χ4v) is 3.32. The highest BCUT2D eigenvalue weighted by atomic mass is 79.9. The summed E-state index contributed by atoms with van der Waals surface area (Å²) in [5, 5.41) is 1.18. The van der Waals surface area contributed by atoms with Crippen LogP contribution in [0.15, 0.2) is 0 Å². The summed E-state index contributed by atoms with van der Waals surface area (Å²) >= 11 is 3.49. The molecule has 1 aliphatic rings. The Hall–Kier alpha value is 0.440. The van der Waals surface area contributed by atoms with E-state index < -0.39 is 0 Å². The van der Waals surface area contributed by atoms with Crippen molar-refractivity contribution in [1.82, 2.24) is 4.90 Å². The number of rotatable bonds is 10. The predicted molar refractivity (Wildman–Crippen MR) is 85.5 cm³/mol. The van der Waals surface area contributed by atoms with Gasteiger partial charge in [0, 0.05) is 11.9 Å². The Morgan fingerprint density at radius 2 is 1.61 bits per heavy atom. The van der Waals surface area contributed by atoms with Crippen molar-refractivity contribution in [2.75, 3.05) is 25.0 Å². The lowest BCUT2D eigenvalue weighted by Crippen LogP contribution is -2.23. The monoisotopic (exact) mass is 317 g/mol. The first-order valence-electron chi connectivity index (χ1n) is 8.02. The second-order valence-corrected chi connectivity index (χ2v) is 7.05. The highest BCUT2D eigenvalue weighted by Gasteiger charge is 2.23. The normalized spacial score (nSPS) is 21.0. The van der Waals surface area contributed by atoms with Crippen molar-refractivity contribution in [2.45, 2.75) is 65.2 Å². The molecule has 1 unspecified atom stereocenters. The lowest BCUT2D eigenvalue weighted by Gasteiger charge is -2.17. The molecule has 18 heavy (non-hydrogen) atoms. The molecule has 1 nitrogen and oxygen atoms in total. The average molecular weight is 318 g/mol. The zero-order chi connectivity index (χ0) is 13.2. The van der Waals surface area contributed by atoms with Crippen LogP contribution >= 0.6 is 15.9 Å². The Bertz CT molecular complexity index is 194. The van der Waals surface area contributed by atoms with Gasteiger partial charge in [-0.25, -0.2) is 0 Å². The second kappa shape index (κ2) is 10.3. The molecule has 1 fully saturated rings. The summed E-state index contributed by atoms with van der Waals surface area (Å²) in [4.78, 5) is 2.69. The van der Waals surface area contributed by atoms with Gasteiger partial charge < -0.3 is 4.90 Å². The third-order valence-electron chi connectivity index (χ3n) is 4.36. The molecule has 0 radical (unpaired) electrons. The molecule has 1 aliphatic heterocycles. The highest BCUT2D eigenvalue weighted by Crippen LogP contribution is 2.23. The molecule has 1 atom stereocenters. The first-order valence-corrected chi connectivity index (χ1v) is 9.14. The summed E-state index contributed by atoms with van der Waals surface area (Å²) < 4.78 is 0. The maximum atomic E-state index is 3.49. The third kappa shape index (κ3) is 7.13. The highest BCUT2D eigenvalue weighted by molar-refractivity contribution is 9.09. The standard InChI is InChI=1S/C16H32BrN/c1-15(2)16-10-13-18(14-16)12-9-7-5-3-4-6-8-11-17/h15-16H,3-14H2,1-2H3. The first-order chi connectivity index (χ1) is 8.74. The number of hydrogen-bond donors (Lipinski definition) is 0. The molecule has 0 aromatic carbocycles. The number of hydrogen-bond acceptors (Lipinski definition) is 1. The molecule has 1 heterocycles. The van der Waals surface area contributed by atoms with E-state index in [1.54, 1.807) is 0 Å². The Balaban J connectivity index is 1.87. The van der Waals surface area contributed by atoms with Crippen molar-refractivity contribution in [2.24, 2.45) is 11.8 Å². The van der Waals surface area contributed by atoms with Gasteiger partial charge >= 0.3 is 0 Å². The number of unbranched alkanes of at least 4 members (excludes halogenated alkanes) is 6. The lowest BCUT2D eigenvalue weighted by molar-refractivity contribution is 0.296. The first kappa shape index (κ1) is 16.5. The largest absolute Gasteiger partial charge is 0.303 e. The van der Waals surface area contributed by atoms with E-state index in [0.29, 0.717) is 0 Å². The van der Waals surface area contributed by atoms with Gasteiger partial charge in [-0.2, -0.15) is 0 Å². The van der Waals surface area contributed by atoms with Gasteiger partial charge in [-0.1, -0.05) is 61.9 Å². The zero-order valence-electron chi connectivity index (χ0n) is 12.5. The molecule has 0 bridgehead atoms. The van der Waals surface area contributed by atoms with Gasteiger partial charge in [0.05, 0.1) is 0 Å². The summed E-state index contributed by atoms with van der Waals surface area (Å²) in [6.07, 6.45) is 11.4. The minimum atomic E-state index is 0.879. The molecule has 1 saturated heterocycles. The molecule has 0 aromatic heterocycles. The van der Waals surface area contributed by atoms with E-state index >= 15 is 0 Å². The Morgan fingerprint density at radius 3 is 2.17 bits per heavy atom. The minimum Gasteiger partial charge on any atom is -0.303 e. The van der Waals surface area contributed by atoms with Gasteiger partial charge in [-0.05, 0) is 44.2 Å². The van der Waals surface area contributed by atoms with Crippen molar-refractivity contribution in [1.29, 1.82) is 0 Å². The second-order valence-electron chi connectivity index (χ2n) is 6.26. The van der Waals surface area contributed by atoms with E-state index in [4.69, 9.17) is 0 Å². The maximum absolute atomic E-state index is 3.49. The molecule has 0 saturated carbocycles. The number of alkyl halides is 1. The van der Waals surface area contributed by atoms with Crippen LogP contribution in [0.25, 0.3) is 0 Å². The van der Waals surface area contributed by atoms with Crippen LogP contribution in [0.2, 0.25) is 0 Å². The van der Waals surface area contributed by atoms with Crippen LogP contribution in [0.4, 0.5) is 0 Å². The summed E-state index contributed by atoms with van der Waals surface area (Å²) in [6, 6.07) is 0. The maximum Gasteiger partial charge on any atom is 0.00313 e. The number of likely N-dealkylation sites (tertiary alicyclic amines) is 1. The average Bonchev–Trinajstić information content (AvgIpc) is 2.81. The van der Waals surface area contributed by atoms with Crippen molar-refractivity contribution in [3.05, 3.63) is 0 Å². The number of nitrogens with zero attached hydrogens (tertiary/aromatic N) is 1. The lowest BCUT2D eigenvalue weighted by atomic mass is 9.95. The van der Waals surface area contributed by atoms with Crippen molar-refractivity contribution >= 4 is 15.9 Å². The zero-order valence-corrected chi connectivity index (χ0v) is 14.1. The Kier molecular flexibility index (Phi) is 9.40. The molecule has 0 aromatic rings. The number of halogens is 1. The van der Waals surface area contributed by atoms with Crippen LogP contribution in [0.1, 0.15) is 65.2 Å². The van der Waals surface area contributed by atoms with Crippen LogP contribution in [0.5, 0.6) is 0 Å². The van der Waals surface area contributed by atoms with E-state index in [-0.39, 0.29) is 0 Å². The molecule has 0 N–H and O–H groups in total. The van der Waals surface area contributed by atoms with Gasteiger partial charge in [0.2, 0.25) is 0 Å². The molecular weight excluding hydrogens is 286 g/mol. The Morgan fingerprint density at radius 1 is 1.00 bits per heavy atom. The van der Waals surface area contributed by atoms with E-state index in [9.17, 15) is 0 Å². The molecule has 0 spiro atoms. The van der Waals surface area contributed by atoms with E-state index in [0.717, 1.165) is 11.8 Å². The molecule has 1 rings (SSSR count). The summed E-state index contributed by atoms with van der Waals surface area (Å²) in [6.45, 7) is 8.82. The minimum absolute atomic E-state index is 0.879. The van der Waals surface area contributed by atoms with Crippen molar-refractivity contribution in [3.8, 4) is 0 Å². The van der Waals surface area contributed by atoms with Gasteiger partial charge in [0.15, 0.2) is 0 Å². The van der Waals surface area contributed by atoms with E-state index in [1.165, 1.54) is 76.3 Å². The van der Waals surface area contributed by atoms with Crippen LogP contribution in [-0.4, -0.2) is 29.9 Å². The summed E-state index contributed by atoms with van der Waals surface area (Å²) in [7, 11) is 0. The predicted octanol–water partition coefficient (Wildman–Crippen LogP) is 5.09. The SMILES string of the molecule is CC(C)C1CCN(CCCCCCCCCBr)C1. The molecule has 108 valence electrons. The van der Waals surface area contributed by atoms with Gasteiger partial charge in [0.25, 0.3) is 0 Å². The topological polar surface area (TPSA) is 3.24 Å². The molecule has 0 aliphatic carbocycles. The fraction of sp³-hybridized carbons (Fsp3) is 1.00. The van der Waals surface area contributed by atoms with E-state index in [2.05, 4.69) is 34.7 Å².